The van der Waals surface area contributed by atoms with Gasteiger partial charge in [0.05, 0.1) is 11.2 Å². The number of hydrogen-bond acceptors (Lipinski definition) is 2. The lowest BCUT2D eigenvalue weighted by Crippen LogP contribution is -2.64. The third-order valence-electron chi connectivity index (χ3n) is 14.3. The predicted octanol–water partition coefficient (Wildman–Crippen LogP) is 7.54. The van der Waals surface area contributed by atoms with Gasteiger partial charge in [0, 0.05) is 13.2 Å². The summed E-state index contributed by atoms with van der Waals surface area (Å²) in [5, 5.41) is 0. The SMILES string of the molecule is C[C@]12CC[C@@H]3C(CC[C@@]4(C)C3CCC43CCCCO3)[C@@]1(C1CC1)CCC1(C2)OCCC2CC21. The molecule has 2 spiro atoms. The third-order valence-corrected chi connectivity index (χ3v) is 14.3. The van der Waals surface area contributed by atoms with Gasteiger partial charge in [-0.3, -0.25) is 0 Å². The molecule has 10 atom stereocenters. The largest absolute Gasteiger partial charge is 0.375 e. The molecule has 2 heterocycles. The van der Waals surface area contributed by atoms with Crippen LogP contribution in [0.3, 0.4) is 0 Å². The first kappa shape index (κ1) is 21.0. The Morgan fingerprint density at radius 3 is 2.36 bits per heavy atom. The molecule has 0 amide bonds. The van der Waals surface area contributed by atoms with Gasteiger partial charge in [-0.2, -0.15) is 0 Å². The van der Waals surface area contributed by atoms with Crippen LogP contribution >= 0.6 is 0 Å². The standard InChI is InChI=1S/C31H48O2/c1-27-12-7-23-24-9-14-30(11-3-4-17-33-30)28(24,2)13-8-25(23)31(27,22-5-6-22)16-15-29(20-27)26-19-21(26)10-18-32-29/h21-26H,3-20H2,1-2H3/t21?,23-,24?,25?,26?,27+,28-,29?,30?,31-/m0/s1. The third kappa shape index (κ3) is 2.50. The van der Waals surface area contributed by atoms with Crippen molar-refractivity contribution in [1.29, 1.82) is 0 Å². The first-order chi connectivity index (χ1) is 16.0. The lowest BCUT2D eigenvalue weighted by atomic mass is 9.37. The van der Waals surface area contributed by atoms with E-state index in [0.717, 1.165) is 48.7 Å². The van der Waals surface area contributed by atoms with Gasteiger partial charge in [0.2, 0.25) is 0 Å². The van der Waals surface area contributed by atoms with Crippen molar-refractivity contribution in [3.8, 4) is 0 Å². The van der Waals surface area contributed by atoms with Gasteiger partial charge in [-0.25, -0.2) is 0 Å². The quantitative estimate of drug-likeness (QED) is 0.409. The zero-order valence-electron chi connectivity index (χ0n) is 21.5. The first-order valence-electron chi connectivity index (χ1n) is 15.2. The molecular weight excluding hydrogens is 404 g/mol. The van der Waals surface area contributed by atoms with Gasteiger partial charge < -0.3 is 9.47 Å². The van der Waals surface area contributed by atoms with Crippen molar-refractivity contribution in [2.45, 2.75) is 128 Å². The van der Waals surface area contributed by atoms with Crippen LogP contribution in [0.25, 0.3) is 0 Å². The molecule has 6 aliphatic carbocycles. The molecule has 0 aromatic carbocycles. The number of hydrogen-bond donors (Lipinski definition) is 0. The highest BCUT2D eigenvalue weighted by Gasteiger charge is 2.73. The van der Waals surface area contributed by atoms with Crippen molar-refractivity contribution in [1.82, 2.24) is 0 Å². The second kappa shape index (κ2) is 6.62. The second-order valence-electron chi connectivity index (χ2n) is 15.1. The summed E-state index contributed by atoms with van der Waals surface area (Å²) in [7, 11) is 0. The Labute approximate surface area is 202 Å². The fraction of sp³-hybridized carbons (Fsp3) is 1.00. The molecule has 2 nitrogen and oxygen atoms in total. The fourth-order valence-electron chi connectivity index (χ4n) is 12.8. The monoisotopic (exact) mass is 452 g/mol. The average Bonchev–Trinajstić information content (AvgIpc) is 3.72. The summed E-state index contributed by atoms with van der Waals surface area (Å²) in [6, 6.07) is 0. The van der Waals surface area contributed by atoms with Gasteiger partial charge >= 0.3 is 0 Å². The lowest BCUT2D eigenvalue weighted by Gasteiger charge is -2.69. The Hall–Kier alpha value is -0.0800. The highest BCUT2D eigenvalue weighted by molar-refractivity contribution is 5.22. The van der Waals surface area contributed by atoms with E-state index >= 15 is 0 Å². The minimum Gasteiger partial charge on any atom is -0.375 e. The molecule has 8 rings (SSSR count). The highest BCUT2D eigenvalue weighted by Crippen LogP contribution is 2.78. The molecule has 8 aliphatic rings. The van der Waals surface area contributed by atoms with Gasteiger partial charge in [-0.15, -0.1) is 0 Å². The zero-order valence-corrected chi connectivity index (χ0v) is 21.5. The molecule has 0 aromatic heterocycles. The second-order valence-corrected chi connectivity index (χ2v) is 15.1. The summed E-state index contributed by atoms with van der Waals surface area (Å²) in [6.07, 6.45) is 23.1. The molecule has 8 fully saturated rings. The van der Waals surface area contributed by atoms with E-state index in [1.807, 2.05) is 0 Å². The Kier molecular flexibility index (Phi) is 4.22. The maximum absolute atomic E-state index is 6.80. The van der Waals surface area contributed by atoms with Gasteiger partial charge in [0.25, 0.3) is 0 Å². The van der Waals surface area contributed by atoms with E-state index in [9.17, 15) is 0 Å². The minimum absolute atomic E-state index is 0.238. The molecule has 2 saturated heterocycles. The summed E-state index contributed by atoms with van der Waals surface area (Å²) in [5.74, 6) is 5.90. The van der Waals surface area contributed by atoms with Crippen molar-refractivity contribution >= 4 is 0 Å². The molecule has 0 radical (unpaired) electrons. The normalized spacial score (nSPS) is 61.8. The van der Waals surface area contributed by atoms with Crippen LogP contribution in [-0.4, -0.2) is 24.4 Å². The topological polar surface area (TPSA) is 18.5 Å². The first-order valence-corrected chi connectivity index (χ1v) is 15.2. The molecule has 2 heteroatoms. The van der Waals surface area contributed by atoms with Crippen molar-refractivity contribution in [2.24, 2.45) is 51.8 Å². The van der Waals surface area contributed by atoms with E-state index in [2.05, 4.69) is 13.8 Å². The molecule has 184 valence electrons. The van der Waals surface area contributed by atoms with Crippen LogP contribution in [0.1, 0.15) is 117 Å². The molecule has 0 N–H and O–H groups in total. The Balaban J connectivity index is 1.14. The summed E-state index contributed by atoms with van der Waals surface area (Å²) in [6.45, 7) is 7.57. The Bertz CT molecular complexity index is 827. The summed E-state index contributed by atoms with van der Waals surface area (Å²) in [4.78, 5) is 0. The van der Waals surface area contributed by atoms with Crippen molar-refractivity contribution < 1.29 is 9.47 Å². The van der Waals surface area contributed by atoms with E-state index in [1.54, 1.807) is 0 Å². The lowest BCUT2D eigenvalue weighted by molar-refractivity contribution is -0.243. The van der Waals surface area contributed by atoms with Crippen LogP contribution in [0.4, 0.5) is 0 Å². The van der Waals surface area contributed by atoms with E-state index in [-0.39, 0.29) is 11.2 Å². The summed E-state index contributed by atoms with van der Waals surface area (Å²) < 4.78 is 13.6. The van der Waals surface area contributed by atoms with Crippen LogP contribution < -0.4 is 0 Å². The molecule has 6 saturated carbocycles. The number of ether oxygens (including phenoxy) is 2. The maximum Gasteiger partial charge on any atom is 0.0738 e. The van der Waals surface area contributed by atoms with Crippen LogP contribution in [0.2, 0.25) is 0 Å². The molecule has 6 unspecified atom stereocenters. The van der Waals surface area contributed by atoms with Gasteiger partial charge in [0.15, 0.2) is 0 Å². The molecule has 0 aromatic rings. The van der Waals surface area contributed by atoms with Crippen LogP contribution in [0, 0.1) is 51.8 Å². The smallest absolute Gasteiger partial charge is 0.0738 e. The van der Waals surface area contributed by atoms with E-state index in [1.165, 1.54) is 103 Å². The average molecular weight is 453 g/mol. The maximum atomic E-state index is 6.80. The molecule has 33 heavy (non-hydrogen) atoms. The van der Waals surface area contributed by atoms with E-state index in [0.29, 0.717) is 16.2 Å². The summed E-state index contributed by atoms with van der Waals surface area (Å²) >= 11 is 0. The molecule has 0 bridgehead atoms. The predicted molar refractivity (Wildman–Crippen MR) is 131 cm³/mol. The van der Waals surface area contributed by atoms with Crippen LogP contribution in [0.5, 0.6) is 0 Å². The van der Waals surface area contributed by atoms with E-state index < -0.39 is 0 Å². The van der Waals surface area contributed by atoms with Crippen molar-refractivity contribution in [3.05, 3.63) is 0 Å². The van der Waals surface area contributed by atoms with Crippen molar-refractivity contribution in [2.75, 3.05) is 13.2 Å². The van der Waals surface area contributed by atoms with Gasteiger partial charge in [0.1, 0.15) is 0 Å². The van der Waals surface area contributed by atoms with E-state index in [4.69, 9.17) is 9.47 Å². The van der Waals surface area contributed by atoms with Crippen molar-refractivity contribution in [3.63, 3.8) is 0 Å². The highest BCUT2D eigenvalue weighted by atomic mass is 16.5. The summed E-state index contributed by atoms with van der Waals surface area (Å²) in [5.41, 5.74) is 2.14. The minimum atomic E-state index is 0.238. The molecule has 2 aliphatic heterocycles. The fourth-order valence-corrected chi connectivity index (χ4v) is 12.8. The Morgan fingerprint density at radius 1 is 0.667 bits per heavy atom. The number of rotatable bonds is 1. The van der Waals surface area contributed by atoms with Gasteiger partial charge in [-0.1, -0.05) is 13.8 Å². The Morgan fingerprint density at radius 2 is 1.55 bits per heavy atom. The van der Waals surface area contributed by atoms with Crippen LogP contribution in [-0.2, 0) is 9.47 Å². The zero-order chi connectivity index (χ0) is 22.1. The van der Waals surface area contributed by atoms with Gasteiger partial charge in [-0.05, 0) is 154 Å². The number of fused-ring (bicyclic) bond motifs is 8. The van der Waals surface area contributed by atoms with Crippen LogP contribution in [0.15, 0.2) is 0 Å². The molecular formula is C31H48O2.